The highest BCUT2D eigenvalue weighted by Gasteiger charge is 2.09. The predicted octanol–water partition coefficient (Wildman–Crippen LogP) is 2.18. The number of carbonyl (C=O) groups is 1. The van der Waals surface area contributed by atoms with Gasteiger partial charge in [-0.3, -0.25) is 4.79 Å². The molecule has 0 heterocycles. The minimum absolute atomic E-state index is 0.118. The number of hydrogen-bond donors (Lipinski definition) is 1. The molecule has 0 aromatic heterocycles. The fourth-order valence-electron chi connectivity index (χ4n) is 1.38. The Labute approximate surface area is 79.7 Å². The van der Waals surface area contributed by atoms with Gasteiger partial charge in [-0.25, -0.2) is 0 Å². The maximum Gasteiger partial charge on any atom is 0.220 e. The lowest BCUT2D eigenvalue weighted by molar-refractivity contribution is -0.121. The van der Waals surface area contributed by atoms with E-state index < -0.39 is 0 Å². The zero-order valence-electron chi connectivity index (χ0n) is 8.34. The molecule has 0 radical (unpaired) electrons. The first-order valence-corrected chi connectivity index (χ1v) is 4.90. The van der Waals surface area contributed by atoms with Gasteiger partial charge >= 0.3 is 0 Å². The van der Waals surface area contributed by atoms with E-state index in [-0.39, 0.29) is 11.9 Å². The number of carbonyl (C=O) groups excluding carboxylic acids is 1. The molecule has 0 aromatic carbocycles. The van der Waals surface area contributed by atoms with Crippen molar-refractivity contribution in [2.75, 3.05) is 0 Å². The summed E-state index contributed by atoms with van der Waals surface area (Å²) < 4.78 is 0. The summed E-state index contributed by atoms with van der Waals surface area (Å²) in [4.78, 5) is 11.1. The molecule has 1 atom stereocenters. The van der Waals surface area contributed by atoms with Crippen LogP contribution in [-0.4, -0.2) is 11.9 Å². The van der Waals surface area contributed by atoms with Gasteiger partial charge in [-0.1, -0.05) is 25.2 Å². The Bertz CT molecular complexity index is 240. The molecule has 1 unspecified atom stereocenters. The van der Waals surface area contributed by atoms with Crippen LogP contribution in [-0.2, 0) is 4.79 Å². The van der Waals surface area contributed by atoms with Crippen molar-refractivity contribution in [1.29, 1.82) is 0 Å². The van der Waals surface area contributed by atoms with Gasteiger partial charge in [0, 0.05) is 6.42 Å². The summed E-state index contributed by atoms with van der Waals surface area (Å²) in [6, 6.07) is 0.156. The molecular weight excluding hydrogens is 162 g/mol. The molecule has 0 spiro atoms. The summed E-state index contributed by atoms with van der Waals surface area (Å²) in [5.74, 6) is 0.118. The van der Waals surface area contributed by atoms with Crippen molar-refractivity contribution >= 4 is 5.91 Å². The zero-order valence-corrected chi connectivity index (χ0v) is 8.34. The third kappa shape index (κ3) is 3.05. The quantitative estimate of drug-likeness (QED) is 0.707. The molecule has 1 aliphatic rings. The van der Waals surface area contributed by atoms with Crippen molar-refractivity contribution in [2.24, 2.45) is 0 Å². The Morgan fingerprint density at radius 1 is 1.62 bits per heavy atom. The minimum atomic E-state index is 0.118. The van der Waals surface area contributed by atoms with E-state index in [4.69, 9.17) is 0 Å². The molecule has 2 nitrogen and oxygen atoms in total. The van der Waals surface area contributed by atoms with Gasteiger partial charge in [0.15, 0.2) is 0 Å². The van der Waals surface area contributed by atoms with E-state index >= 15 is 0 Å². The lowest BCUT2D eigenvalue weighted by Gasteiger charge is -2.16. The van der Waals surface area contributed by atoms with E-state index in [9.17, 15) is 4.79 Å². The van der Waals surface area contributed by atoms with E-state index in [1.54, 1.807) is 0 Å². The van der Waals surface area contributed by atoms with Crippen LogP contribution in [0.5, 0.6) is 0 Å². The molecule has 0 fully saturated rings. The van der Waals surface area contributed by atoms with Gasteiger partial charge < -0.3 is 5.32 Å². The lowest BCUT2D eigenvalue weighted by Crippen LogP contribution is -2.33. The molecule has 0 saturated heterocycles. The molecule has 0 bridgehead atoms. The second-order valence-corrected chi connectivity index (χ2v) is 3.33. The Morgan fingerprint density at radius 2 is 2.38 bits per heavy atom. The van der Waals surface area contributed by atoms with Crippen molar-refractivity contribution in [3.05, 3.63) is 23.8 Å². The Hall–Kier alpha value is -1.05. The van der Waals surface area contributed by atoms with Crippen LogP contribution in [0.4, 0.5) is 0 Å². The Kier molecular flexibility index (Phi) is 3.74. The summed E-state index contributed by atoms with van der Waals surface area (Å²) in [6.07, 6.45) is 9.23. The van der Waals surface area contributed by atoms with Crippen LogP contribution in [0.25, 0.3) is 0 Å². The van der Waals surface area contributed by atoms with Crippen molar-refractivity contribution in [3.63, 3.8) is 0 Å². The smallest absolute Gasteiger partial charge is 0.220 e. The Morgan fingerprint density at radius 3 is 2.92 bits per heavy atom. The van der Waals surface area contributed by atoms with Gasteiger partial charge in [-0.15, -0.1) is 0 Å². The molecule has 1 amide bonds. The van der Waals surface area contributed by atoms with Gasteiger partial charge in [0.1, 0.15) is 0 Å². The highest BCUT2D eigenvalue weighted by atomic mass is 16.1. The van der Waals surface area contributed by atoms with E-state index in [1.165, 1.54) is 5.57 Å². The number of allylic oxidation sites excluding steroid dienone is 2. The summed E-state index contributed by atoms with van der Waals surface area (Å²) in [7, 11) is 0. The molecule has 0 aliphatic heterocycles. The summed E-state index contributed by atoms with van der Waals surface area (Å²) in [5, 5.41) is 2.94. The van der Waals surface area contributed by atoms with Crippen molar-refractivity contribution in [2.45, 2.75) is 39.2 Å². The molecule has 1 rings (SSSR count). The van der Waals surface area contributed by atoms with E-state index in [0.717, 1.165) is 12.8 Å². The van der Waals surface area contributed by atoms with Crippen molar-refractivity contribution < 1.29 is 4.79 Å². The van der Waals surface area contributed by atoms with Crippen LogP contribution in [0.2, 0.25) is 0 Å². The normalized spacial score (nSPS) is 17.8. The topological polar surface area (TPSA) is 29.1 Å². The van der Waals surface area contributed by atoms with Crippen LogP contribution >= 0.6 is 0 Å². The molecular formula is C11H17NO. The molecule has 1 N–H and O–H groups in total. The number of rotatable bonds is 3. The third-order valence-electron chi connectivity index (χ3n) is 2.22. The highest BCUT2D eigenvalue weighted by Crippen LogP contribution is 2.12. The van der Waals surface area contributed by atoms with Gasteiger partial charge in [0.05, 0.1) is 6.04 Å². The van der Waals surface area contributed by atoms with E-state index in [2.05, 4.69) is 23.5 Å². The molecule has 72 valence electrons. The van der Waals surface area contributed by atoms with Crippen LogP contribution in [0.3, 0.4) is 0 Å². The number of nitrogens with one attached hydrogen (secondary N) is 1. The first kappa shape index (κ1) is 10.0. The Balaban J connectivity index is 2.47. The summed E-state index contributed by atoms with van der Waals surface area (Å²) >= 11 is 0. The predicted molar refractivity (Wildman–Crippen MR) is 54.4 cm³/mol. The fraction of sp³-hybridized carbons (Fsp3) is 0.545. The zero-order chi connectivity index (χ0) is 9.68. The maximum absolute atomic E-state index is 11.1. The molecule has 1 aliphatic carbocycles. The molecule has 0 aromatic rings. The van der Waals surface area contributed by atoms with Crippen LogP contribution < -0.4 is 5.32 Å². The fourth-order valence-corrected chi connectivity index (χ4v) is 1.38. The summed E-state index contributed by atoms with van der Waals surface area (Å²) in [6.45, 7) is 3.89. The standard InChI is InChI=1S/C11H17NO/c1-3-11(13)12-9(2)10-7-5-4-6-8-10/h5,7-9H,3-4,6H2,1-2H3,(H,12,13). The van der Waals surface area contributed by atoms with E-state index in [0.29, 0.717) is 6.42 Å². The van der Waals surface area contributed by atoms with E-state index in [1.807, 2.05) is 13.8 Å². The third-order valence-corrected chi connectivity index (χ3v) is 2.22. The highest BCUT2D eigenvalue weighted by molar-refractivity contribution is 5.76. The monoisotopic (exact) mass is 179 g/mol. The molecule has 0 saturated carbocycles. The SMILES string of the molecule is CCC(=O)NC(C)C1=CCCC=C1. The average molecular weight is 179 g/mol. The van der Waals surface area contributed by atoms with Crippen molar-refractivity contribution in [1.82, 2.24) is 5.32 Å². The molecule has 13 heavy (non-hydrogen) atoms. The van der Waals surface area contributed by atoms with Gasteiger partial charge in [0.25, 0.3) is 0 Å². The van der Waals surface area contributed by atoms with Crippen molar-refractivity contribution in [3.8, 4) is 0 Å². The van der Waals surface area contributed by atoms with Crippen LogP contribution in [0.1, 0.15) is 33.1 Å². The van der Waals surface area contributed by atoms with Gasteiger partial charge in [-0.05, 0) is 25.3 Å². The lowest BCUT2D eigenvalue weighted by atomic mass is 10.0. The second kappa shape index (κ2) is 4.85. The first-order chi connectivity index (χ1) is 6.24. The van der Waals surface area contributed by atoms with Crippen LogP contribution in [0.15, 0.2) is 23.8 Å². The van der Waals surface area contributed by atoms with Gasteiger partial charge in [-0.2, -0.15) is 0 Å². The first-order valence-electron chi connectivity index (χ1n) is 4.90. The molecule has 2 heteroatoms. The minimum Gasteiger partial charge on any atom is -0.350 e. The average Bonchev–Trinajstić information content (AvgIpc) is 2.19. The van der Waals surface area contributed by atoms with Gasteiger partial charge in [0.2, 0.25) is 5.91 Å². The maximum atomic E-state index is 11.1. The largest absolute Gasteiger partial charge is 0.350 e. The van der Waals surface area contributed by atoms with Crippen LogP contribution in [0, 0.1) is 0 Å². The number of hydrogen-bond acceptors (Lipinski definition) is 1. The number of amides is 1. The second-order valence-electron chi connectivity index (χ2n) is 3.33. The summed E-state index contributed by atoms with van der Waals surface area (Å²) in [5.41, 5.74) is 1.23.